The summed E-state index contributed by atoms with van der Waals surface area (Å²) in [4.78, 5) is 11.5. The Morgan fingerprint density at radius 3 is 1.61 bits per heavy atom. The van der Waals surface area contributed by atoms with Crippen molar-refractivity contribution in [2.45, 2.75) is 137 Å². The number of hydrogen-bond acceptors (Lipinski definition) is 19. The van der Waals surface area contributed by atoms with Crippen LogP contribution in [0.2, 0.25) is 0 Å². The molecule has 256 valence electrons. The molecule has 4 rings (SSSR count). The Morgan fingerprint density at radius 2 is 1.02 bits per heavy atom. The van der Waals surface area contributed by atoms with Crippen molar-refractivity contribution in [2.24, 2.45) is 0 Å². The van der Waals surface area contributed by atoms with Crippen LogP contribution in [-0.2, 0) is 38.0 Å². The zero-order chi connectivity index (χ0) is 32.8. The second-order valence-electron chi connectivity index (χ2n) is 11.1. The topological polar surface area (TPSA) is 324 Å². The van der Waals surface area contributed by atoms with E-state index in [0.29, 0.717) is 0 Å². The van der Waals surface area contributed by atoms with Crippen LogP contribution in [-0.4, -0.2) is 197 Å². The second kappa shape index (κ2) is 14.3. The smallest absolute Gasteiger partial charge is 0.335 e. The van der Waals surface area contributed by atoms with Crippen LogP contribution in [0.15, 0.2) is 0 Å². The molecule has 0 aromatic carbocycles. The first-order valence-electron chi connectivity index (χ1n) is 13.8. The van der Waals surface area contributed by atoms with E-state index in [1.54, 1.807) is 0 Å². The van der Waals surface area contributed by atoms with Crippen LogP contribution >= 0.6 is 0 Å². The SMILES string of the molecule is C[C@@H]1O[C@@H](O[C@@H]2[C@H](O)[C@@H](O)[C@@H](O[C@H]3C(O)O[C@@H](C)[C@H](O)[C@H]3O)O[C@@H]2CO)[C@H](O[C@H]2O[C@H](C(=O)O)[C@H](O)[C@H](O)[C@H]2O)[C@H](O)[C@H]1O. The number of rotatable bonds is 8. The van der Waals surface area contributed by atoms with Gasteiger partial charge in [0.2, 0.25) is 0 Å². The fourth-order valence-corrected chi connectivity index (χ4v) is 5.39. The maximum atomic E-state index is 11.5. The van der Waals surface area contributed by atoms with Gasteiger partial charge in [-0.25, -0.2) is 4.79 Å². The number of carboxylic acids is 1. The number of aliphatic hydroxyl groups excluding tert-OH is 11. The number of aliphatic carboxylic acids is 1. The first-order chi connectivity index (χ1) is 20.6. The number of carboxylic acid groups (broad SMARTS) is 1. The molecule has 4 aliphatic rings. The van der Waals surface area contributed by atoms with Gasteiger partial charge in [-0.05, 0) is 13.8 Å². The Balaban J connectivity index is 1.51. The molecule has 20 heteroatoms. The molecule has 0 aromatic heterocycles. The van der Waals surface area contributed by atoms with Gasteiger partial charge in [0.05, 0.1) is 18.8 Å². The van der Waals surface area contributed by atoms with E-state index >= 15 is 0 Å². The minimum atomic E-state index is -2.07. The molecule has 20 nitrogen and oxygen atoms in total. The molecule has 0 spiro atoms. The van der Waals surface area contributed by atoms with Crippen molar-refractivity contribution in [1.82, 2.24) is 0 Å². The van der Waals surface area contributed by atoms with Gasteiger partial charge in [0.1, 0.15) is 79.4 Å². The fourth-order valence-electron chi connectivity index (χ4n) is 5.39. The summed E-state index contributed by atoms with van der Waals surface area (Å²) in [5.74, 6) is -1.72. The quantitative estimate of drug-likeness (QED) is 0.116. The third kappa shape index (κ3) is 6.88. The van der Waals surface area contributed by atoms with Crippen LogP contribution in [0.25, 0.3) is 0 Å². The first-order valence-corrected chi connectivity index (χ1v) is 13.8. The Hall–Kier alpha value is -1.25. The van der Waals surface area contributed by atoms with Gasteiger partial charge in [-0.1, -0.05) is 0 Å². The molecule has 20 atom stereocenters. The molecule has 4 saturated heterocycles. The summed E-state index contributed by atoms with van der Waals surface area (Å²) in [6.07, 6.45) is -35.3. The van der Waals surface area contributed by atoms with E-state index in [4.69, 9.17) is 33.2 Å². The van der Waals surface area contributed by atoms with E-state index < -0.39 is 135 Å². The minimum Gasteiger partial charge on any atom is -0.479 e. The summed E-state index contributed by atoms with van der Waals surface area (Å²) in [5.41, 5.74) is 0. The van der Waals surface area contributed by atoms with E-state index in [1.807, 2.05) is 0 Å². The lowest BCUT2D eigenvalue weighted by molar-refractivity contribution is -0.393. The third-order valence-electron chi connectivity index (χ3n) is 8.09. The highest BCUT2D eigenvalue weighted by Gasteiger charge is 2.55. The highest BCUT2D eigenvalue weighted by Crippen LogP contribution is 2.34. The number of hydrogen-bond donors (Lipinski definition) is 12. The van der Waals surface area contributed by atoms with Crippen LogP contribution in [0.4, 0.5) is 0 Å². The van der Waals surface area contributed by atoms with Gasteiger partial charge < -0.3 is 94.4 Å². The van der Waals surface area contributed by atoms with Crippen LogP contribution in [0.5, 0.6) is 0 Å². The monoisotopic (exact) mass is 648 g/mol. The lowest BCUT2D eigenvalue weighted by atomic mass is 9.96. The molecule has 4 fully saturated rings. The van der Waals surface area contributed by atoms with Crippen LogP contribution in [0, 0.1) is 0 Å². The minimum absolute atomic E-state index is 0.895. The maximum Gasteiger partial charge on any atom is 0.335 e. The van der Waals surface area contributed by atoms with E-state index in [1.165, 1.54) is 13.8 Å². The van der Waals surface area contributed by atoms with E-state index in [-0.39, 0.29) is 0 Å². The number of carbonyl (C=O) groups is 1. The van der Waals surface area contributed by atoms with Gasteiger partial charge in [0.25, 0.3) is 0 Å². The molecule has 0 bridgehead atoms. The van der Waals surface area contributed by atoms with Gasteiger partial charge in [-0.2, -0.15) is 0 Å². The van der Waals surface area contributed by atoms with Gasteiger partial charge in [0.15, 0.2) is 31.3 Å². The zero-order valence-electron chi connectivity index (χ0n) is 23.4. The van der Waals surface area contributed by atoms with Gasteiger partial charge in [-0.15, -0.1) is 0 Å². The summed E-state index contributed by atoms with van der Waals surface area (Å²) in [5, 5.41) is 123. The van der Waals surface area contributed by atoms with E-state index in [9.17, 15) is 66.1 Å². The molecule has 44 heavy (non-hydrogen) atoms. The summed E-state index contributed by atoms with van der Waals surface area (Å²) < 4.78 is 37.9. The lowest BCUT2D eigenvalue weighted by Crippen LogP contribution is -2.67. The predicted octanol–water partition coefficient (Wildman–Crippen LogP) is -7.60. The zero-order valence-corrected chi connectivity index (χ0v) is 23.4. The standard InChI is InChI=1S/C24H40O20/c1-4-7(26)10(29)18(21(37)38-4)43-22-15(34)13(32)16(6(3-25)40-22)41-24-19(11(30)8(27)5(2)39-24)44-23-14(33)9(28)12(31)17(42-23)20(35)36/h4-19,21-34,37H,3H2,1-2H3,(H,35,36)/t4-,5-,6+,7-,8-,9-,10+,11+,12+,13+,14+,15+,16-,17-,18+,19+,21?,22+,23+,24-/m0/s1. The van der Waals surface area contributed by atoms with Crippen molar-refractivity contribution in [2.75, 3.05) is 6.61 Å². The van der Waals surface area contributed by atoms with Crippen molar-refractivity contribution in [3.05, 3.63) is 0 Å². The molecule has 4 aliphatic heterocycles. The van der Waals surface area contributed by atoms with Crippen molar-refractivity contribution in [3.8, 4) is 0 Å². The molecular formula is C24H40O20. The molecule has 0 amide bonds. The average molecular weight is 649 g/mol. The Bertz CT molecular complexity index is 957. The van der Waals surface area contributed by atoms with Crippen LogP contribution < -0.4 is 0 Å². The number of aliphatic hydroxyl groups is 11. The maximum absolute atomic E-state index is 11.5. The van der Waals surface area contributed by atoms with Crippen molar-refractivity contribution < 1.29 is 99.2 Å². The highest BCUT2D eigenvalue weighted by molar-refractivity contribution is 5.73. The summed E-state index contributed by atoms with van der Waals surface area (Å²) in [7, 11) is 0. The second-order valence-corrected chi connectivity index (χ2v) is 11.1. The van der Waals surface area contributed by atoms with Crippen LogP contribution in [0.3, 0.4) is 0 Å². The van der Waals surface area contributed by atoms with Crippen molar-refractivity contribution >= 4 is 5.97 Å². The Kier molecular flexibility index (Phi) is 11.5. The average Bonchev–Trinajstić information content (AvgIpc) is 2.97. The molecule has 1 unspecified atom stereocenters. The molecule has 12 N–H and O–H groups in total. The summed E-state index contributed by atoms with van der Waals surface area (Å²) >= 11 is 0. The summed E-state index contributed by atoms with van der Waals surface area (Å²) in [6, 6.07) is 0. The Labute approximate surface area is 249 Å². The predicted molar refractivity (Wildman–Crippen MR) is 132 cm³/mol. The molecule has 0 aliphatic carbocycles. The highest BCUT2D eigenvalue weighted by atomic mass is 16.8. The Morgan fingerprint density at radius 1 is 0.545 bits per heavy atom. The van der Waals surface area contributed by atoms with E-state index in [2.05, 4.69) is 0 Å². The number of ether oxygens (including phenoxy) is 7. The van der Waals surface area contributed by atoms with Crippen molar-refractivity contribution in [1.29, 1.82) is 0 Å². The molecular weight excluding hydrogens is 608 g/mol. The fraction of sp³-hybridized carbons (Fsp3) is 0.958. The third-order valence-corrected chi connectivity index (χ3v) is 8.09. The summed E-state index contributed by atoms with van der Waals surface area (Å²) in [6.45, 7) is 1.81. The first kappa shape index (κ1) is 35.6. The lowest BCUT2D eigenvalue weighted by Gasteiger charge is -2.48. The molecule has 0 radical (unpaired) electrons. The van der Waals surface area contributed by atoms with Gasteiger partial charge in [-0.3, -0.25) is 0 Å². The molecule has 0 saturated carbocycles. The van der Waals surface area contributed by atoms with E-state index in [0.717, 1.165) is 0 Å². The van der Waals surface area contributed by atoms with Gasteiger partial charge in [0, 0.05) is 0 Å². The van der Waals surface area contributed by atoms with Crippen LogP contribution in [0.1, 0.15) is 13.8 Å². The normalized spacial score (nSPS) is 53.8. The van der Waals surface area contributed by atoms with Crippen molar-refractivity contribution in [3.63, 3.8) is 0 Å². The van der Waals surface area contributed by atoms with Gasteiger partial charge >= 0.3 is 5.97 Å². The molecule has 0 aromatic rings. The molecule has 4 heterocycles. The largest absolute Gasteiger partial charge is 0.479 e.